The monoisotopic (exact) mass is 477 g/mol. The van der Waals surface area contributed by atoms with Crippen molar-refractivity contribution in [1.82, 2.24) is 14.9 Å². The molecule has 4 rings (SSSR count). The number of hydrogen-bond donors (Lipinski definition) is 1. The van der Waals surface area contributed by atoms with Crippen LogP contribution in [0.15, 0.2) is 72.8 Å². The Morgan fingerprint density at radius 3 is 2.44 bits per heavy atom. The molecule has 0 bridgehead atoms. The zero-order valence-electron chi connectivity index (χ0n) is 18.6. The molecule has 0 unspecified atom stereocenters. The molecular weight excluding hydrogens is 453 g/mol. The first-order valence-electron chi connectivity index (χ1n) is 11.3. The van der Waals surface area contributed by atoms with Crippen molar-refractivity contribution in [2.45, 2.75) is 32.2 Å². The first-order chi connectivity index (χ1) is 16.5. The van der Waals surface area contributed by atoms with Crippen LogP contribution in [0.25, 0.3) is 11.0 Å². The number of imidazole rings is 1. The third-order valence-corrected chi connectivity index (χ3v) is 5.93. The first kappa shape index (κ1) is 23.6. The van der Waals surface area contributed by atoms with Crippen LogP contribution in [0.4, 0.5) is 4.39 Å². The quantitative estimate of drug-likeness (QED) is 0.230. The van der Waals surface area contributed by atoms with Crippen LogP contribution in [0.1, 0.15) is 45.8 Å². The summed E-state index contributed by atoms with van der Waals surface area (Å²) in [5, 5.41) is 3.36. The number of aryl methyl sites for hydroxylation is 1. The van der Waals surface area contributed by atoms with Crippen LogP contribution in [0.2, 0.25) is 5.02 Å². The maximum Gasteiger partial charge on any atom is 0.254 e. The van der Waals surface area contributed by atoms with Gasteiger partial charge < -0.3 is 9.88 Å². The average molecular weight is 478 g/mol. The van der Waals surface area contributed by atoms with Crippen LogP contribution in [-0.4, -0.2) is 27.8 Å². The van der Waals surface area contributed by atoms with Gasteiger partial charge in [-0.25, -0.2) is 9.37 Å². The molecule has 0 saturated heterocycles. The van der Waals surface area contributed by atoms with Gasteiger partial charge in [-0.2, -0.15) is 0 Å². The van der Waals surface area contributed by atoms with Gasteiger partial charge in [-0.1, -0.05) is 42.3 Å². The summed E-state index contributed by atoms with van der Waals surface area (Å²) >= 11 is 5.94. The van der Waals surface area contributed by atoms with Crippen LogP contribution in [-0.2, 0) is 13.0 Å². The lowest BCUT2D eigenvalue weighted by atomic mass is 10.1. The molecule has 0 saturated carbocycles. The smallest absolute Gasteiger partial charge is 0.254 e. The number of nitrogens with one attached hydrogen (secondary N) is 1. The molecule has 0 aliphatic heterocycles. The van der Waals surface area contributed by atoms with Gasteiger partial charge in [0.25, 0.3) is 5.91 Å². The van der Waals surface area contributed by atoms with E-state index in [1.54, 1.807) is 36.4 Å². The standard InChI is InChI=1S/C27H25ClFN3O2/c28-20-15-13-19(14-16-20)25(33)18-32-24-11-6-5-10-23(24)31-26(32)12-2-1-7-17-30-27(34)21-8-3-4-9-22(21)29/h3-6,8-11,13-16H,1-2,7,12,17-18H2,(H,30,34). The Balaban J connectivity index is 1.34. The number of aromatic nitrogens is 2. The second-order valence-electron chi connectivity index (χ2n) is 8.08. The summed E-state index contributed by atoms with van der Waals surface area (Å²) in [4.78, 5) is 29.7. The molecule has 0 radical (unpaired) electrons. The largest absolute Gasteiger partial charge is 0.352 e. The highest BCUT2D eigenvalue weighted by Gasteiger charge is 2.15. The highest BCUT2D eigenvalue weighted by atomic mass is 35.5. The highest BCUT2D eigenvalue weighted by molar-refractivity contribution is 6.30. The minimum absolute atomic E-state index is 0.00285. The predicted molar refractivity (Wildman–Crippen MR) is 132 cm³/mol. The molecule has 0 aliphatic carbocycles. The van der Waals surface area contributed by atoms with E-state index in [2.05, 4.69) is 5.32 Å². The molecule has 5 nitrogen and oxygen atoms in total. The lowest BCUT2D eigenvalue weighted by Crippen LogP contribution is -2.25. The second kappa shape index (κ2) is 11.1. The summed E-state index contributed by atoms with van der Waals surface area (Å²) in [6, 6.07) is 20.6. The lowest BCUT2D eigenvalue weighted by Gasteiger charge is -2.09. The molecule has 0 atom stereocenters. The van der Waals surface area contributed by atoms with E-state index in [1.807, 2.05) is 28.8 Å². The van der Waals surface area contributed by atoms with E-state index in [0.29, 0.717) is 23.6 Å². The van der Waals surface area contributed by atoms with Crippen molar-refractivity contribution in [2.75, 3.05) is 6.54 Å². The number of para-hydroxylation sites is 2. The first-order valence-corrected chi connectivity index (χ1v) is 11.7. The third kappa shape index (κ3) is 5.69. The Labute approximate surface area is 202 Å². The number of fused-ring (bicyclic) bond motifs is 1. The average Bonchev–Trinajstić information content (AvgIpc) is 3.19. The van der Waals surface area contributed by atoms with Crippen molar-refractivity contribution >= 4 is 34.3 Å². The topological polar surface area (TPSA) is 64.0 Å². The van der Waals surface area contributed by atoms with Crippen LogP contribution in [0, 0.1) is 5.82 Å². The van der Waals surface area contributed by atoms with Gasteiger partial charge in [-0.15, -0.1) is 0 Å². The summed E-state index contributed by atoms with van der Waals surface area (Å²) in [5.74, 6) is -0.0662. The molecule has 0 fully saturated rings. The Hall–Kier alpha value is -3.51. The van der Waals surface area contributed by atoms with Crippen molar-refractivity contribution in [3.63, 3.8) is 0 Å². The summed E-state index contributed by atoms with van der Waals surface area (Å²) in [6.45, 7) is 0.675. The molecule has 174 valence electrons. The Kier molecular flexibility index (Phi) is 7.70. The molecule has 3 aromatic carbocycles. The number of Topliss-reactive ketones (excluding diaryl/α,β-unsaturated/α-hetero) is 1. The van der Waals surface area contributed by atoms with E-state index in [0.717, 1.165) is 36.1 Å². The Morgan fingerprint density at radius 2 is 1.65 bits per heavy atom. The maximum absolute atomic E-state index is 13.7. The number of unbranched alkanes of at least 4 members (excludes halogenated alkanes) is 2. The van der Waals surface area contributed by atoms with E-state index >= 15 is 0 Å². The second-order valence-corrected chi connectivity index (χ2v) is 8.52. The predicted octanol–water partition coefficient (Wildman–Crippen LogP) is 5.85. The van der Waals surface area contributed by atoms with Gasteiger partial charge in [0.15, 0.2) is 5.78 Å². The molecule has 1 amide bonds. The zero-order valence-corrected chi connectivity index (χ0v) is 19.4. The number of benzene rings is 3. The fourth-order valence-electron chi connectivity index (χ4n) is 3.89. The fourth-order valence-corrected chi connectivity index (χ4v) is 4.02. The van der Waals surface area contributed by atoms with Crippen molar-refractivity contribution in [2.24, 2.45) is 0 Å². The summed E-state index contributed by atoms with van der Waals surface area (Å²) < 4.78 is 15.7. The number of halogens is 2. The maximum atomic E-state index is 13.7. The molecule has 1 aromatic heterocycles. The Morgan fingerprint density at radius 1 is 0.912 bits per heavy atom. The van der Waals surface area contributed by atoms with Crippen molar-refractivity contribution < 1.29 is 14.0 Å². The fraction of sp³-hybridized carbons (Fsp3) is 0.222. The number of hydrogen-bond acceptors (Lipinski definition) is 3. The van der Waals surface area contributed by atoms with E-state index in [9.17, 15) is 14.0 Å². The van der Waals surface area contributed by atoms with E-state index in [-0.39, 0.29) is 17.9 Å². The van der Waals surface area contributed by atoms with Crippen LogP contribution < -0.4 is 5.32 Å². The number of carbonyl (C=O) groups excluding carboxylic acids is 2. The summed E-state index contributed by atoms with van der Waals surface area (Å²) in [5.41, 5.74) is 2.45. The third-order valence-electron chi connectivity index (χ3n) is 5.68. The van der Waals surface area contributed by atoms with Crippen LogP contribution >= 0.6 is 11.6 Å². The molecule has 4 aromatic rings. The molecular formula is C27H25ClFN3O2. The molecule has 1 heterocycles. The SMILES string of the molecule is O=C(Cn1c(CCCCCNC(=O)c2ccccc2F)nc2ccccc21)c1ccc(Cl)cc1. The van der Waals surface area contributed by atoms with Gasteiger partial charge in [0.2, 0.25) is 0 Å². The van der Waals surface area contributed by atoms with E-state index < -0.39 is 11.7 Å². The van der Waals surface area contributed by atoms with Gasteiger partial charge >= 0.3 is 0 Å². The molecule has 1 N–H and O–H groups in total. The van der Waals surface area contributed by atoms with Crippen molar-refractivity contribution in [3.05, 3.63) is 101 Å². The van der Waals surface area contributed by atoms with Crippen LogP contribution in [0.3, 0.4) is 0 Å². The van der Waals surface area contributed by atoms with Gasteiger partial charge in [-0.3, -0.25) is 9.59 Å². The van der Waals surface area contributed by atoms with Crippen LogP contribution in [0.5, 0.6) is 0 Å². The number of amides is 1. The van der Waals surface area contributed by atoms with Gasteiger partial charge in [0.05, 0.1) is 23.1 Å². The zero-order chi connectivity index (χ0) is 23.9. The normalized spacial score (nSPS) is 11.0. The number of carbonyl (C=O) groups is 2. The minimum Gasteiger partial charge on any atom is -0.352 e. The van der Waals surface area contributed by atoms with Gasteiger partial charge in [0.1, 0.15) is 11.6 Å². The lowest BCUT2D eigenvalue weighted by molar-refractivity contribution is 0.0946. The Bertz CT molecular complexity index is 1300. The van der Waals surface area contributed by atoms with Gasteiger partial charge in [-0.05, 0) is 61.4 Å². The summed E-state index contributed by atoms with van der Waals surface area (Å²) in [7, 11) is 0. The molecule has 34 heavy (non-hydrogen) atoms. The minimum atomic E-state index is -0.521. The highest BCUT2D eigenvalue weighted by Crippen LogP contribution is 2.19. The molecule has 0 spiro atoms. The van der Waals surface area contributed by atoms with E-state index in [1.165, 1.54) is 12.1 Å². The van der Waals surface area contributed by atoms with Crippen molar-refractivity contribution in [1.29, 1.82) is 0 Å². The number of nitrogens with zero attached hydrogens (tertiary/aromatic N) is 2. The van der Waals surface area contributed by atoms with Gasteiger partial charge in [0, 0.05) is 23.6 Å². The van der Waals surface area contributed by atoms with Crippen molar-refractivity contribution in [3.8, 4) is 0 Å². The molecule has 0 aliphatic rings. The number of rotatable bonds is 10. The van der Waals surface area contributed by atoms with E-state index in [4.69, 9.17) is 16.6 Å². The number of ketones is 1. The molecule has 7 heteroatoms. The summed E-state index contributed by atoms with van der Waals surface area (Å²) in [6.07, 6.45) is 3.20.